The molecule has 0 aliphatic heterocycles. The van der Waals surface area contributed by atoms with Crippen LogP contribution < -0.4 is 0 Å². The first-order valence-corrected chi connectivity index (χ1v) is 10.3. The van der Waals surface area contributed by atoms with Crippen molar-refractivity contribution in [1.82, 2.24) is 0 Å². The molecule has 23 nitrogen and oxygen atoms in total. The molecule has 0 bridgehead atoms. The van der Waals surface area contributed by atoms with Crippen molar-refractivity contribution < 1.29 is 383 Å². The van der Waals surface area contributed by atoms with Gasteiger partial charge < -0.3 is 122 Å². The zero-order valence-corrected chi connectivity index (χ0v) is 51.6. The molecular weight excluding hydrogens is 1370 g/mol. The number of benzene rings is 3. The Balaban J connectivity index is -0.0000000177. The molecule has 55 heavy (non-hydrogen) atoms. The van der Waals surface area contributed by atoms with Gasteiger partial charge in [0.2, 0.25) is 0 Å². The topological polar surface area (TPSA) is 589 Å². The fraction of sp³-hybridized carbons (Fsp3) is 0.250. The summed E-state index contributed by atoms with van der Waals surface area (Å²) in [5.41, 5.74) is 1.05. The van der Waals surface area contributed by atoms with E-state index in [1.807, 2.05) is 0 Å². The second-order valence-corrected chi connectivity index (χ2v) is 7.17. The largest absolute Gasteiger partial charge is 0.412 e. The van der Waals surface area contributed by atoms with Gasteiger partial charge >= 0.3 is 0 Å². The van der Waals surface area contributed by atoms with Crippen LogP contribution in [0.1, 0.15) is 71.1 Å². The van der Waals surface area contributed by atoms with Crippen LogP contribution in [0.3, 0.4) is 0 Å². The predicted molar refractivity (Wildman–Crippen MR) is 162 cm³/mol. The predicted octanol–water partition coefficient (Wildman–Crippen LogP) is -10.1. The van der Waals surface area contributed by atoms with Gasteiger partial charge in [0.25, 0.3) is 0 Å². The summed E-state index contributed by atoms with van der Waals surface area (Å²) in [6, 6.07) is 17.7. The van der Waals surface area contributed by atoms with Gasteiger partial charge in [-0.15, -0.1) is 0 Å². The summed E-state index contributed by atoms with van der Waals surface area (Å²) in [5, 5.41) is 105. The summed E-state index contributed by atoms with van der Waals surface area (Å²) in [4.78, 5) is 0. The molecule has 0 spiro atoms. The van der Waals surface area contributed by atoms with Crippen LogP contribution in [0.25, 0.3) is 0 Å². The number of hydrogen-bond donors (Lipinski definition) is 12. The van der Waals surface area contributed by atoms with Crippen molar-refractivity contribution in [1.29, 1.82) is 0 Å². The molecule has 31 heteroatoms. The normalized spacial score (nSPS) is 7.31. The molecule has 0 unspecified atom stereocenters. The average Bonchev–Trinajstić information content (AvgIpc) is 2.84. The third-order valence-electron chi connectivity index (χ3n) is 4.64. The molecule has 0 atom stereocenters. The van der Waals surface area contributed by atoms with Crippen LogP contribution in [0.2, 0.25) is 0 Å². The number of hydrogen-bond acceptors (Lipinski definition) is 12. The summed E-state index contributed by atoms with van der Waals surface area (Å²) in [6.45, 7) is 0. The van der Waals surface area contributed by atoms with Gasteiger partial charge in [-0.05, 0) is 0 Å². The quantitative estimate of drug-likeness (QED) is 0.102. The van der Waals surface area contributed by atoms with Gasteiger partial charge in [-0.3, -0.25) is 0 Å². The van der Waals surface area contributed by atoms with E-state index in [1.165, 1.54) is 48.5 Å². The van der Waals surface area contributed by atoms with Crippen LogP contribution in [0.5, 0.6) is 0 Å². The van der Waals surface area contributed by atoms with E-state index < -0.39 is 37.7 Å². The van der Waals surface area contributed by atoms with Crippen LogP contribution in [0.15, 0.2) is 72.8 Å². The van der Waals surface area contributed by atoms with Crippen molar-refractivity contribution >= 4 is 0 Å². The molecule has 0 saturated heterocycles. The Hall–Kier alpha value is 5.57. The fourth-order valence-electron chi connectivity index (χ4n) is 2.80. The zero-order chi connectivity index (χ0) is 27.4. The number of aliphatic hydroxyl groups excluding tert-OH is 6. The Morgan fingerprint density at radius 3 is 0.436 bits per heavy atom. The van der Waals surface area contributed by atoms with Crippen LogP contribution in [-0.4, -0.2) is 122 Å². The van der Waals surface area contributed by atoms with E-state index in [0.29, 0.717) is 11.1 Å². The first-order valence-electron chi connectivity index (χ1n) is 10.3. The smallest absolute Gasteiger partial charge is 0.178 e. The molecule has 0 fully saturated rings. The molecule has 3 rings (SSSR count). The maximum absolute atomic E-state index is 8.79. The molecule has 0 aromatic heterocycles. The fourth-order valence-corrected chi connectivity index (χ4v) is 2.80. The van der Waals surface area contributed by atoms with E-state index in [2.05, 4.69) is 0 Å². The van der Waals surface area contributed by atoms with E-state index in [9.17, 15) is 0 Å². The van der Waals surface area contributed by atoms with Crippen molar-refractivity contribution in [2.45, 2.75) is 37.7 Å². The molecule has 0 heterocycles. The number of aliphatic hydroxyl groups is 12. The monoisotopic (exact) mass is 1420 g/mol. The van der Waals surface area contributed by atoms with Gasteiger partial charge in [0.05, 0.1) is 0 Å². The van der Waals surface area contributed by atoms with Gasteiger partial charge in [0.15, 0.2) is 37.7 Å². The standard InChI is InChI=1S/3C8H10O4.11H2O.8Y/c9-7(10)5-1-2-6(4-3-5)8(11)12;2*9-7(10)5-3-1-2-4-6(5)8(11)12;;;;;;;;;;;;;;;;;;;/h3*1-4,7-12H;11*1H2;;;;;;;;. The van der Waals surface area contributed by atoms with Crippen LogP contribution in [-0.2, 0) is 262 Å². The first-order chi connectivity index (χ1) is 16.9. The third kappa shape index (κ3) is 52.1. The van der Waals surface area contributed by atoms with Crippen molar-refractivity contribution in [2.75, 3.05) is 0 Å². The summed E-state index contributed by atoms with van der Waals surface area (Å²) in [7, 11) is 0. The second kappa shape index (κ2) is 71.2. The molecule has 3 aromatic carbocycles. The average molecular weight is 1420 g/mol. The van der Waals surface area contributed by atoms with Gasteiger partial charge in [0.1, 0.15) is 0 Å². The zero-order valence-electron chi connectivity index (χ0n) is 28.9. The van der Waals surface area contributed by atoms with Crippen LogP contribution in [0, 0.1) is 0 Å². The first kappa shape index (κ1) is 124. The van der Waals surface area contributed by atoms with Gasteiger partial charge in [-0.1, -0.05) is 72.8 Å². The van der Waals surface area contributed by atoms with Crippen LogP contribution in [0.4, 0.5) is 0 Å². The summed E-state index contributed by atoms with van der Waals surface area (Å²) >= 11 is 0. The molecule has 34 N–H and O–H groups in total. The third-order valence-corrected chi connectivity index (χ3v) is 4.64. The molecule has 0 amide bonds. The van der Waals surface area contributed by atoms with Crippen LogP contribution >= 0.6 is 0 Å². The number of rotatable bonds is 6. The van der Waals surface area contributed by atoms with Crippen molar-refractivity contribution in [3.63, 3.8) is 0 Å². The van der Waals surface area contributed by atoms with E-state index in [0.717, 1.165) is 0 Å². The Labute approximate surface area is 517 Å². The molecular formula is C24H52O23Y8. The molecule has 0 aliphatic rings. The van der Waals surface area contributed by atoms with E-state index in [4.69, 9.17) is 61.3 Å². The minimum atomic E-state index is -1.68. The SMILES string of the molecule is O.O.O.O.O.O.O.O.O.O.O.OC(O)c1ccc(C(O)O)cc1.OC(O)c1ccccc1C(O)O.OC(O)c1ccccc1C(O)O.[Y].[Y].[Y].[Y].[Y].[Y].[Y].[Y]. The molecule has 310 valence electrons. The molecule has 0 saturated carbocycles. The van der Waals surface area contributed by atoms with E-state index >= 15 is 0 Å². The Kier molecular flexibility index (Phi) is 161. The Morgan fingerprint density at radius 2 is 0.345 bits per heavy atom. The summed E-state index contributed by atoms with van der Waals surface area (Å²) < 4.78 is 0. The van der Waals surface area contributed by atoms with E-state index in [1.54, 1.807) is 24.3 Å². The van der Waals surface area contributed by atoms with Crippen molar-refractivity contribution in [3.8, 4) is 0 Å². The Morgan fingerprint density at radius 1 is 0.218 bits per heavy atom. The maximum atomic E-state index is 8.79. The minimum absolute atomic E-state index is 0. The van der Waals surface area contributed by atoms with E-state index in [-0.39, 0.29) is 344 Å². The van der Waals surface area contributed by atoms with Gasteiger partial charge in [-0.2, -0.15) is 0 Å². The Bertz CT molecular complexity index is 928. The minimum Gasteiger partial charge on any atom is -0.412 e. The molecule has 3 aromatic rings. The second-order valence-electron chi connectivity index (χ2n) is 7.17. The van der Waals surface area contributed by atoms with Gasteiger partial charge in [-0.25, -0.2) is 0 Å². The molecule has 0 aliphatic carbocycles. The van der Waals surface area contributed by atoms with Gasteiger partial charge in [0, 0.05) is 295 Å². The molecule has 8 radical (unpaired) electrons. The maximum Gasteiger partial charge on any atom is 0.178 e. The summed E-state index contributed by atoms with van der Waals surface area (Å²) in [5.74, 6) is 0. The van der Waals surface area contributed by atoms with Crippen molar-refractivity contribution in [2.24, 2.45) is 0 Å². The summed E-state index contributed by atoms with van der Waals surface area (Å²) in [6.07, 6.45) is -9.75. The van der Waals surface area contributed by atoms with Crippen molar-refractivity contribution in [3.05, 3.63) is 106 Å².